The van der Waals surface area contributed by atoms with E-state index < -0.39 is 0 Å². The van der Waals surface area contributed by atoms with Gasteiger partial charge in [0.25, 0.3) is 0 Å². The largest absolute Gasteiger partial charge is 0.393 e. The van der Waals surface area contributed by atoms with Crippen molar-refractivity contribution in [3.63, 3.8) is 0 Å². The summed E-state index contributed by atoms with van der Waals surface area (Å²) in [7, 11) is 2.02. The van der Waals surface area contributed by atoms with Gasteiger partial charge in [-0.2, -0.15) is 5.10 Å². The van der Waals surface area contributed by atoms with Crippen LogP contribution in [0.4, 0.5) is 11.6 Å². The summed E-state index contributed by atoms with van der Waals surface area (Å²) in [4.78, 5) is 13.2. The summed E-state index contributed by atoms with van der Waals surface area (Å²) >= 11 is 0. The summed E-state index contributed by atoms with van der Waals surface area (Å²) in [5, 5.41) is 14.2. The van der Waals surface area contributed by atoms with Crippen LogP contribution >= 0.6 is 0 Å². The van der Waals surface area contributed by atoms with Crippen molar-refractivity contribution in [3.8, 4) is 5.69 Å². The number of hydrogen-bond donors (Lipinski definition) is 1. The van der Waals surface area contributed by atoms with E-state index in [1.807, 2.05) is 36.1 Å². The van der Waals surface area contributed by atoms with Crippen molar-refractivity contribution in [2.45, 2.75) is 32.4 Å². The average molecular weight is 378 g/mol. The van der Waals surface area contributed by atoms with Crippen molar-refractivity contribution in [2.75, 3.05) is 29.9 Å². The number of rotatable bonds is 5. The zero-order valence-electron chi connectivity index (χ0n) is 16.4. The van der Waals surface area contributed by atoms with E-state index in [1.165, 1.54) is 5.56 Å². The number of benzene rings is 1. The van der Waals surface area contributed by atoms with Crippen molar-refractivity contribution < 1.29 is 5.11 Å². The Balaban J connectivity index is 1.46. The maximum absolute atomic E-state index is 9.71. The van der Waals surface area contributed by atoms with Gasteiger partial charge in [0.05, 0.1) is 18.0 Å². The zero-order valence-corrected chi connectivity index (χ0v) is 16.4. The molecule has 1 aliphatic rings. The number of aryl methyl sites for hydroxylation is 1. The maximum Gasteiger partial charge on any atom is 0.134 e. The molecule has 0 bridgehead atoms. The highest BCUT2D eigenvalue weighted by Gasteiger charge is 2.19. The van der Waals surface area contributed by atoms with Gasteiger partial charge >= 0.3 is 0 Å². The minimum atomic E-state index is -0.190. The standard InChI is InChI=1S/C21H26N6O/c1-16-5-3-4-6-19(16)27-14-17(12-24-27)13-25(2)20-11-21(23-15-22-20)26-9-7-18(28)8-10-26/h3-6,11-12,14-15,18,28H,7-10,13H2,1-2H3. The molecule has 28 heavy (non-hydrogen) atoms. The molecule has 1 N–H and O–H groups in total. The molecule has 7 nitrogen and oxygen atoms in total. The normalized spacial score (nSPS) is 15.0. The number of anilines is 2. The first-order valence-electron chi connectivity index (χ1n) is 9.66. The van der Waals surface area contributed by atoms with Crippen LogP contribution in [0.15, 0.2) is 49.1 Å². The second kappa shape index (κ2) is 7.98. The Kier molecular flexibility index (Phi) is 5.25. The molecule has 3 heterocycles. The van der Waals surface area contributed by atoms with Crippen LogP contribution in [0.3, 0.4) is 0 Å². The van der Waals surface area contributed by atoms with Gasteiger partial charge in [-0.15, -0.1) is 0 Å². The second-order valence-corrected chi connectivity index (χ2v) is 7.39. The molecular weight excluding hydrogens is 352 g/mol. The summed E-state index contributed by atoms with van der Waals surface area (Å²) in [5.41, 5.74) is 3.40. The predicted octanol–water partition coefficient (Wildman–Crippen LogP) is 2.57. The van der Waals surface area contributed by atoms with Crippen LogP contribution in [0.1, 0.15) is 24.0 Å². The van der Waals surface area contributed by atoms with E-state index in [-0.39, 0.29) is 6.10 Å². The molecular formula is C21H26N6O. The summed E-state index contributed by atoms with van der Waals surface area (Å²) in [6.07, 6.45) is 6.96. The first kappa shape index (κ1) is 18.4. The third kappa shape index (κ3) is 3.99. The van der Waals surface area contributed by atoms with Crippen LogP contribution in [0, 0.1) is 6.92 Å². The van der Waals surface area contributed by atoms with Crippen LogP contribution in [0.5, 0.6) is 0 Å². The number of aliphatic hydroxyl groups excluding tert-OH is 1. The predicted molar refractivity (Wildman–Crippen MR) is 110 cm³/mol. The van der Waals surface area contributed by atoms with Gasteiger partial charge in [0, 0.05) is 44.5 Å². The molecule has 1 aliphatic heterocycles. The first-order valence-corrected chi connectivity index (χ1v) is 9.66. The molecule has 1 aromatic carbocycles. The van der Waals surface area contributed by atoms with Crippen LogP contribution in [-0.4, -0.2) is 51.1 Å². The molecule has 0 unspecified atom stereocenters. The summed E-state index contributed by atoms with van der Waals surface area (Å²) < 4.78 is 1.92. The number of para-hydroxylation sites is 1. The Labute approximate surface area is 165 Å². The van der Waals surface area contributed by atoms with Crippen molar-refractivity contribution in [1.29, 1.82) is 0 Å². The number of aliphatic hydroxyl groups is 1. The fourth-order valence-electron chi connectivity index (χ4n) is 3.56. The quantitative estimate of drug-likeness (QED) is 0.736. The smallest absolute Gasteiger partial charge is 0.134 e. The molecule has 2 aromatic heterocycles. The van der Waals surface area contributed by atoms with Crippen molar-refractivity contribution in [3.05, 3.63) is 60.2 Å². The van der Waals surface area contributed by atoms with Gasteiger partial charge in [-0.05, 0) is 31.4 Å². The molecule has 7 heteroatoms. The molecule has 4 rings (SSSR count). The Morgan fingerprint density at radius 2 is 1.96 bits per heavy atom. The topological polar surface area (TPSA) is 70.3 Å². The minimum Gasteiger partial charge on any atom is -0.393 e. The fourth-order valence-corrected chi connectivity index (χ4v) is 3.56. The number of hydrogen-bond acceptors (Lipinski definition) is 6. The molecule has 1 saturated heterocycles. The van der Waals surface area contributed by atoms with Crippen LogP contribution in [0.2, 0.25) is 0 Å². The molecule has 1 fully saturated rings. The third-order valence-corrected chi connectivity index (χ3v) is 5.24. The molecule has 0 amide bonds. The molecule has 0 atom stereocenters. The van der Waals surface area contributed by atoms with Gasteiger partial charge in [-0.25, -0.2) is 14.6 Å². The van der Waals surface area contributed by atoms with Gasteiger partial charge in [-0.3, -0.25) is 0 Å². The van der Waals surface area contributed by atoms with Gasteiger partial charge < -0.3 is 14.9 Å². The highest BCUT2D eigenvalue weighted by molar-refractivity contribution is 5.50. The second-order valence-electron chi connectivity index (χ2n) is 7.39. The molecule has 0 radical (unpaired) electrons. The molecule has 3 aromatic rings. The summed E-state index contributed by atoms with van der Waals surface area (Å²) in [6, 6.07) is 10.2. The van der Waals surface area contributed by atoms with E-state index in [2.05, 4.69) is 50.1 Å². The zero-order chi connectivity index (χ0) is 19.5. The minimum absolute atomic E-state index is 0.190. The van der Waals surface area contributed by atoms with Crippen LogP contribution in [0.25, 0.3) is 5.69 Å². The average Bonchev–Trinajstić information content (AvgIpc) is 3.17. The van der Waals surface area contributed by atoms with Gasteiger partial charge in [0.2, 0.25) is 0 Å². The Morgan fingerprint density at radius 1 is 1.18 bits per heavy atom. The lowest BCUT2D eigenvalue weighted by molar-refractivity contribution is 0.145. The van der Waals surface area contributed by atoms with Gasteiger partial charge in [-0.1, -0.05) is 18.2 Å². The van der Waals surface area contributed by atoms with Crippen molar-refractivity contribution >= 4 is 11.6 Å². The van der Waals surface area contributed by atoms with E-state index in [4.69, 9.17) is 0 Å². The van der Waals surface area contributed by atoms with Gasteiger partial charge in [0.1, 0.15) is 18.0 Å². The summed E-state index contributed by atoms with van der Waals surface area (Å²) in [6.45, 7) is 4.45. The maximum atomic E-state index is 9.71. The van der Waals surface area contributed by atoms with E-state index >= 15 is 0 Å². The molecule has 0 spiro atoms. The van der Waals surface area contributed by atoms with Crippen LogP contribution in [-0.2, 0) is 6.54 Å². The number of piperidine rings is 1. The van der Waals surface area contributed by atoms with E-state index in [9.17, 15) is 5.11 Å². The Bertz CT molecular complexity index is 932. The fraction of sp³-hybridized carbons (Fsp3) is 0.381. The van der Waals surface area contributed by atoms with Crippen molar-refractivity contribution in [1.82, 2.24) is 19.7 Å². The van der Waals surface area contributed by atoms with Crippen molar-refractivity contribution in [2.24, 2.45) is 0 Å². The number of nitrogens with zero attached hydrogens (tertiary/aromatic N) is 6. The Hall–Kier alpha value is -2.93. The van der Waals surface area contributed by atoms with E-state index in [0.29, 0.717) is 6.54 Å². The summed E-state index contributed by atoms with van der Waals surface area (Å²) in [5.74, 6) is 1.79. The van der Waals surface area contributed by atoms with Crippen LogP contribution < -0.4 is 9.80 Å². The lowest BCUT2D eigenvalue weighted by Crippen LogP contribution is -2.36. The number of aromatic nitrogens is 4. The Morgan fingerprint density at radius 3 is 2.75 bits per heavy atom. The highest BCUT2D eigenvalue weighted by Crippen LogP contribution is 2.22. The molecule has 0 saturated carbocycles. The van der Waals surface area contributed by atoms with E-state index in [0.717, 1.165) is 48.8 Å². The SMILES string of the molecule is Cc1ccccc1-n1cc(CN(C)c2cc(N3CCC(O)CC3)ncn2)cn1. The monoisotopic (exact) mass is 378 g/mol. The lowest BCUT2D eigenvalue weighted by Gasteiger charge is -2.31. The van der Waals surface area contributed by atoms with E-state index in [1.54, 1.807) is 6.33 Å². The highest BCUT2D eigenvalue weighted by atomic mass is 16.3. The lowest BCUT2D eigenvalue weighted by atomic mass is 10.1. The first-order chi connectivity index (χ1) is 13.6. The molecule has 146 valence electrons. The third-order valence-electron chi connectivity index (χ3n) is 5.24. The van der Waals surface area contributed by atoms with Gasteiger partial charge in [0.15, 0.2) is 0 Å². The molecule has 0 aliphatic carbocycles.